The van der Waals surface area contributed by atoms with E-state index in [0.717, 1.165) is 18.7 Å². The van der Waals surface area contributed by atoms with Crippen molar-refractivity contribution >= 4 is 37.1 Å². The van der Waals surface area contributed by atoms with Gasteiger partial charge in [-0.1, -0.05) is 11.6 Å². The van der Waals surface area contributed by atoms with Crippen molar-refractivity contribution in [1.29, 1.82) is 0 Å². The lowest BCUT2D eigenvalue weighted by Crippen LogP contribution is -2.16. The van der Waals surface area contributed by atoms with E-state index in [1.54, 1.807) is 20.3 Å². The second-order valence-electron chi connectivity index (χ2n) is 5.66. The minimum atomic E-state index is -4.59. The van der Waals surface area contributed by atoms with E-state index in [-0.39, 0.29) is 17.4 Å². The summed E-state index contributed by atoms with van der Waals surface area (Å²) < 4.78 is 49.8. The Kier molecular flexibility index (Phi) is 6.59. The molecule has 144 valence electrons. The van der Waals surface area contributed by atoms with Crippen LogP contribution in [0.3, 0.4) is 0 Å². The number of alkyl halides is 3. The van der Waals surface area contributed by atoms with Crippen molar-refractivity contribution in [1.82, 2.24) is 9.88 Å². The molecule has 1 aromatic carbocycles. The van der Waals surface area contributed by atoms with Crippen LogP contribution in [0.1, 0.15) is 12.5 Å². The molecule has 0 saturated carbocycles. The molecule has 0 spiro atoms. The molecule has 0 amide bonds. The first-order valence-electron chi connectivity index (χ1n) is 8.00. The number of halogens is 4. The highest BCUT2D eigenvalue weighted by Gasteiger charge is 2.33. The number of rotatable bonds is 6. The quantitative estimate of drug-likeness (QED) is 0.424. The zero-order valence-corrected chi connectivity index (χ0v) is 16.0. The molecule has 0 fully saturated rings. The van der Waals surface area contributed by atoms with Gasteiger partial charge in [0.05, 0.1) is 29.7 Å². The molecule has 5 nitrogen and oxygen atoms in total. The maximum absolute atomic E-state index is 13.0. The summed E-state index contributed by atoms with van der Waals surface area (Å²) >= 11 is 5.62. The van der Waals surface area contributed by atoms with Gasteiger partial charge in [0.2, 0.25) is 0 Å². The largest absolute Gasteiger partial charge is 0.491 e. The van der Waals surface area contributed by atoms with Crippen molar-refractivity contribution in [3.8, 4) is 17.4 Å². The Labute approximate surface area is 161 Å². The number of hydrogen-bond donors (Lipinski definition) is 0. The highest BCUT2D eigenvalue weighted by molar-refractivity contribution is 6.34. The third-order valence-electron chi connectivity index (χ3n) is 3.69. The van der Waals surface area contributed by atoms with E-state index < -0.39 is 16.8 Å². The van der Waals surface area contributed by atoms with Gasteiger partial charge in [0.25, 0.3) is 5.88 Å². The summed E-state index contributed by atoms with van der Waals surface area (Å²) in [6.07, 6.45) is -2.94. The Morgan fingerprint density at radius 3 is 2.63 bits per heavy atom. The molecule has 0 N–H and O–H groups in total. The monoisotopic (exact) mass is 399 g/mol. The fourth-order valence-corrected chi connectivity index (χ4v) is 2.27. The lowest BCUT2D eigenvalue weighted by atomic mass is 10.0. The number of hydrogen-bond acceptors (Lipinski definition) is 4. The van der Waals surface area contributed by atoms with E-state index in [1.165, 1.54) is 13.2 Å². The van der Waals surface area contributed by atoms with Gasteiger partial charge in [-0.15, -0.1) is 0 Å². The maximum Gasteiger partial charge on any atom is 0.417 e. The number of ether oxygens (including phenoxy) is 2. The van der Waals surface area contributed by atoms with Crippen molar-refractivity contribution in [3.63, 3.8) is 0 Å². The molecule has 1 heterocycles. The van der Waals surface area contributed by atoms with E-state index in [2.05, 4.69) is 9.98 Å². The molecule has 27 heavy (non-hydrogen) atoms. The summed E-state index contributed by atoms with van der Waals surface area (Å²) in [4.78, 5) is 10.5. The fraction of sp³-hybridized carbons (Fsp3) is 0.294. The average molecular weight is 400 g/mol. The summed E-state index contributed by atoms with van der Waals surface area (Å²) in [5.41, 5.74) is 0.115. The molecule has 0 unspecified atom stereocenters. The van der Waals surface area contributed by atoms with E-state index in [0.29, 0.717) is 11.3 Å². The summed E-state index contributed by atoms with van der Waals surface area (Å²) in [6, 6.07) is 4.88. The fourth-order valence-electron chi connectivity index (χ4n) is 2.04. The number of aliphatic imine (C=N–C) groups is 1. The first-order chi connectivity index (χ1) is 12.7. The van der Waals surface area contributed by atoms with Gasteiger partial charge < -0.3 is 14.4 Å². The van der Waals surface area contributed by atoms with Gasteiger partial charge in [0.1, 0.15) is 5.75 Å². The number of aromatic nitrogens is 1. The predicted molar refractivity (Wildman–Crippen MR) is 102 cm³/mol. The molecule has 0 aliphatic carbocycles. The summed E-state index contributed by atoms with van der Waals surface area (Å²) in [5.74, 6) is 0.225. The summed E-state index contributed by atoms with van der Waals surface area (Å²) in [6.45, 7) is 2.77. The smallest absolute Gasteiger partial charge is 0.417 e. The number of pyridine rings is 1. The lowest BCUT2D eigenvalue weighted by Gasteiger charge is -2.14. The van der Waals surface area contributed by atoms with Crippen molar-refractivity contribution in [2.24, 2.45) is 4.99 Å². The SMILES string of the molecule is Bc1nc(Oc2ccc(Cl)c(C(F)(F)F)c2)c(OC)cc1/N=C/N(C)CC. The van der Waals surface area contributed by atoms with Crippen LogP contribution >= 0.6 is 11.6 Å². The minimum Gasteiger partial charge on any atom is -0.491 e. The molecule has 10 heteroatoms. The summed E-state index contributed by atoms with van der Waals surface area (Å²) in [7, 11) is 5.00. The number of nitrogens with zero attached hydrogens (tertiary/aromatic N) is 3. The Hall–Kier alpha value is -2.42. The second kappa shape index (κ2) is 8.52. The Balaban J connectivity index is 2.37. The van der Waals surface area contributed by atoms with E-state index in [1.807, 2.05) is 18.9 Å². The van der Waals surface area contributed by atoms with Gasteiger partial charge in [-0.3, -0.25) is 0 Å². The molecule has 0 aliphatic heterocycles. The van der Waals surface area contributed by atoms with Gasteiger partial charge in [0, 0.05) is 25.3 Å². The van der Waals surface area contributed by atoms with Crippen molar-refractivity contribution < 1.29 is 22.6 Å². The molecule has 2 aromatic rings. The van der Waals surface area contributed by atoms with E-state index >= 15 is 0 Å². The molecule has 1 aromatic heterocycles. The van der Waals surface area contributed by atoms with Gasteiger partial charge in [-0.25, -0.2) is 9.98 Å². The predicted octanol–water partition coefficient (Wildman–Crippen LogP) is 3.42. The van der Waals surface area contributed by atoms with Crippen LogP contribution < -0.4 is 15.1 Å². The van der Waals surface area contributed by atoms with Crippen LogP contribution in [0.2, 0.25) is 5.02 Å². The Morgan fingerprint density at radius 1 is 1.33 bits per heavy atom. The van der Waals surface area contributed by atoms with Crippen LogP contribution in [-0.4, -0.2) is 44.8 Å². The molecule has 2 rings (SSSR count). The van der Waals surface area contributed by atoms with Gasteiger partial charge >= 0.3 is 6.18 Å². The highest BCUT2D eigenvalue weighted by Crippen LogP contribution is 2.38. The second-order valence-corrected chi connectivity index (χ2v) is 6.07. The third kappa shape index (κ3) is 5.29. The standard InChI is InChI=1S/C17H18BClF3N3O2/c1-4-25(2)9-23-13-8-14(26-3)16(24-15(13)18)27-10-5-6-12(19)11(7-10)17(20,21)22/h5-9H,4,18H2,1-3H3/b23-9+. The highest BCUT2D eigenvalue weighted by atomic mass is 35.5. The number of benzene rings is 1. The van der Waals surface area contributed by atoms with Gasteiger partial charge in [0.15, 0.2) is 13.6 Å². The maximum atomic E-state index is 13.0. The first kappa shape index (κ1) is 20.9. The summed E-state index contributed by atoms with van der Waals surface area (Å²) in [5, 5.41) is -0.407. The molecular weight excluding hydrogens is 381 g/mol. The van der Waals surface area contributed by atoms with Crippen molar-refractivity contribution in [2.75, 3.05) is 20.7 Å². The van der Waals surface area contributed by atoms with Crippen LogP contribution in [0.5, 0.6) is 17.4 Å². The first-order valence-corrected chi connectivity index (χ1v) is 8.38. The average Bonchev–Trinajstić information content (AvgIpc) is 2.61. The van der Waals surface area contributed by atoms with Crippen molar-refractivity contribution in [2.45, 2.75) is 13.1 Å². The molecule has 0 saturated heterocycles. The van der Waals surface area contributed by atoms with Gasteiger partial charge in [-0.2, -0.15) is 13.2 Å². The van der Waals surface area contributed by atoms with E-state index in [4.69, 9.17) is 21.1 Å². The zero-order valence-electron chi connectivity index (χ0n) is 15.3. The Bertz CT molecular complexity index is 847. The molecular formula is C17H18BClF3N3O2. The third-order valence-corrected chi connectivity index (χ3v) is 4.02. The van der Waals surface area contributed by atoms with Crippen LogP contribution in [0, 0.1) is 0 Å². The van der Waals surface area contributed by atoms with E-state index in [9.17, 15) is 13.2 Å². The topological polar surface area (TPSA) is 47.0 Å². The minimum absolute atomic E-state index is 0.0354. The Morgan fingerprint density at radius 2 is 2.04 bits per heavy atom. The number of methoxy groups -OCH3 is 1. The van der Waals surface area contributed by atoms with Crippen LogP contribution in [0.15, 0.2) is 29.3 Å². The molecule has 0 radical (unpaired) electrons. The molecule has 0 atom stereocenters. The molecule has 0 bridgehead atoms. The van der Waals surface area contributed by atoms with Gasteiger partial charge in [-0.05, 0) is 25.1 Å². The van der Waals surface area contributed by atoms with Crippen molar-refractivity contribution in [3.05, 3.63) is 34.9 Å². The lowest BCUT2D eigenvalue weighted by molar-refractivity contribution is -0.137. The van der Waals surface area contributed by atoms with Crippen LogP contribution in [0.25, 0.3) is 0 Å². The van der Waals surface area contributed by atoms with Crippen LogP contribution in [0.4, 0.5) is 18.9 Å². The van der Waals surface area contributed by atoms with Crippen LogP contribution in [-0.2, 0) is 6.18 Å². The molecule has 0 aliphatic rings. The zero-order chi connectivity index (χ0) is 20.2. The normalized spacial score (nSPS) is 11.7.